The predicted molar refractivity (Wildman–Crippen MR) is 85.3 cm³/mol. The number of piperazine rings is 1. The molecule has 0 amide bonds. The predicted octanol–water partition coefficient (Wildman–Crippen LogP) is 3.30. The number of alkyl halides is 2. The highest BCUT2D eigenvalue weighted by Gasteiger charge is 2.29. The molecule has 1 aliphatic rings. The van der Waals surface area contributed by atoms with Crippen LogP contribution >= 0.6 is 12.4 Å². The largest absolute Gasteiger partial charge is 0.467 e. The van der Waals surface area contributed by atoms with Gasteiger partial charge in [0.1, 0.15) is 11.5 Å². The van der Waals surface area contributed by atoms with Crippen molar-refractivity contribution in [1.29, 1.82) is 0 Å². The summed E-state index contributed by atoms with van der Waals surface area (Å²) in [6.45, 7) is 0.494. The number of furan rings is 1. The third-order valence-electron chi connectivity index (χ3n) is 3.76. The second kappa shape index (κ2) is 8.29. The van der Waals surface area contributed by atoms with Crippen molar-refractivity contribution >= 4 is 12.4 Å². The van der Waals surface area contributed by atoms with Crippen molar-refractivity contribution in [3.63, 3.8) is 0 Å². The Morgan fingerprint density at radius 3 is 2.48 bits per heavy atom. The normalized spacial score (nSPS) is 16.8. The average molecular weight is 345 g/mol. The van der Waals surface area contributed by atoms with E-state index in [-0.39, 0.29) is 24.2 Å². The molecule has 2 aromatic rings. The Balaban J connectivity index is 0.00000192. The quantitative estimate of drug-likeness (QED) is 0.903. The average Bonchev–Trinajstić information content (AvgIpc) is 3.04. The van der Waals surface area contributed by atoms with Gasteiger partial charge in [0.05, 0.1) is 12.3 Å². The lowest BCUT2D eigenvalue weighted by Gasteiger charge is -2.34. The number of hydrogen-bond donors (Lipinski definition) is 1. The lowest BCUT2D eigenvalue weighted by atomic mass is 10.0. The molecule has 23 heavy (non-hydrogen) atoms. The highest BCUT2D eigenvalue weighted by molar-refractivity contribution is 5.85. The van der Waals surface area contributed by atoms with E-state index in [1.54, 1.807) is 24.5 Å². The molecular formula is C16H19ClF2N2O2. The number of ether oxygens (including phenoxy) is 1. The first-order valence-electron chi connectivity index (χ1n) is 7.27. The molecule has 0 bridgehead atoms. The van der Waals surface area contributed by atoms with E-state index in [0.29, 0.717) is 5.56 Å². The van der Waals surface area contributed by atoms with Gasteiger partial charge in [-0.25, -0.2) is 0 Å². The molecule has 1 aromatic heterocycles. The zero-order valence-electron chi connectivity index (χ0n) is 12.5. The first kappa shape index (κ1) is 17.7. The standard InChI is InChI=1S/C16H18F2N2O2.ClH/c17-16(18)22-13-5-2-1-4-12(13)15(14-6-3-11-21-14)20-9-7-19-8-10-20;/h1-6,11,15-16,19H,7-10H2;1H/t15-;/m0./s1. The number of nitrogens with zero attached hydrogens (tertiary/aromatic N) is 1. The van der Waals surface area contributed by atoms with Crippen molar-refractivity contribution in [2.75, 3.05) is 26.2 Å². The molecule has 4 nitrogen and oxygen atoms in total. The highest BCUT2D eigenvalue weighted by atomic mass is 35.5. The van der Waals surface area contributed by atoms with Gasteiger partial charge >= 0.3 is 6.61 Å². The highest BCUT2D eigenvalue weighted by Crippen LogP contribution is 2.35. The lowest BCUT2D eigenvalue weighted by Crippen LogP contribution is -2.45. The molecule has 126 valence electrons. The number of rotatable bonds is 5. The molecule has 1 aliphatic heterocycles. The van der Waals surface area contributed by atoms with Crippen LogP contribution in [-0.2, 0) is 0 Å². The van der Waals surface area contributed by atoms with E-state index in [1.165, 1.54) is 0 Å². The Bertz CT molecular complexity index is 590. The molecule has 1 atom stereocenters. The van der Waals surface area contributed by atoms with Crippen LogP contribution in [0.15, 0.2) is 47.1 Å². The smallest absolute Gasteiger partial charge is 0.387 e. The van der Waals surface area contributed by atoms with Crippen LogP contribution in [0.5, 0.6) is 5.75 Å². The van der Waals surface area contributed by atoms with Gasteiger partial charge in [0, 0.05) is 31.7 Å². The molecule has 3 rings (SSSR count). The first-order chi connectivity index (χ1) is 10.8. The minimum absolute atomic E-state index is 0. The van der Waals surface area contributed by atoms with Crippen LogP contribution in [0.1, 0.15) is 17.4 Å². The van der Waals surface area contributed by atoms with E-state index < -0.39 is 6.61 Å². The van der Waals surface area contributed by atoms with E-state index in [1.807, 2.05) is 18.2 Å². The molecule has 0 spiro atoms. The Kier molecular flexibility index (Phi) is 6.38. The maximum atomic E-state index is 12.7. The van der Waals surface area contributed by atoms with Crippen molar-refractivity contribution in [3.05, 3.63) is 54.0 Å². The van der Waals surface area contributed by atoms with Crippen molar-refractivity contribution in [3.8, 4) is 5.75 Å². The van der Waals surface area contributed by atoms with Crippen LogP contribution in [-0.4, -0.2) is 37.7 Å². The summed E-state index contributed by atoms with van der Waals surface area (Å²) in [7, 11) is 0. The number of nitrogens with one attached hydrogen (secondary N) is 1. The molecular weight excluding hydrogens is 326 g/mol. The molecule has 0 radical (unpaired) electrons. The number of para-hydroxylation sites is 1. The summed E-state index contributed by atoms with van der Waals surface area (Å²) in [5, 5.41) is 3.29. The zero-order chi connectivity index (χ0) is 15.4. The molecule has 0 unspecified atom stereocenters. The summed E-state index contributed by atoms with van der Waals surface area (Å²) in [5.74, 6) is 0.921. The third-order valence-corrected chi connectivity index (χ3v) is 3.76. The fraction of sp³-hybridized carbons (Fsp3) is 0.375. The Labute approximate surface area is 139 Å². The van der Waals surface area contributed by atoms with Crippen LogP contribution in [0.4, 0.5) is 8.78 Å². The summed E-state index contributed by atoms with van der Waals surface area (Å²) in [5.41, 5.74) is 0.694. The summed E-state index contributed by atoms with van der Waals surface area (Å²) in [6, 6.07) is 10.3. The van der Waals surface area contributed by atoms with E-state index in [4.69, 9.17) is 9.15 Å². The van der Waals surface area contributed by atoms with Crippen molar-refractivity contribution in [2.24, 2.45) is 0 Å². The monoisotopic (exact) mass is 344 g/mol. The van der Waals surface area contributed by atoms with E-state index in [2.05, 4.69) is 10.2 Å². The van der Waals surface area contributed by atoms with E-state index in [9.17, 15) is 8.78 Å². The Hall–Kier alpha value is -1.63. The van der Waals surface area contributed by atoms with Crippen molar-refractivity contribution in [2.45, 2.75) is 12.7 Å². The Morgan fingerprint density at radius 2 is 1.83 bits per heavy atom. The third kappa shape index (κ3) is 4.22. The summed E-state index contributed by atoms with van der Waals surface area (Å²) in [6.07, 6.45) is 1.60. The van der Waals surface area contributed by atoms with Gasteiger partial charge in [-0.2, -0.15) is 8.78 Å². The molecule has 7 heteroatoms. The van der Waals surface area contributed by atoms with Crippen molar-refractivity contribution < 1.29 is 17.9 Å². The summed E-state index contributed by atoms with van der Waals surface area (Å²) in [4.78, 5) is 2.21. The summed E-state index contributed by atoms with van der Waals surface area (Å²) >= 11 is 0. The van der Waals surface area contributed by atoms with Crippen LogP contribution in [0.25, 0.3) is 0 Å². The number of hydrogen-bond acceptors (Lipinski definition) is 4. The second-order valence-corrected chi connectivity index (χ2v) is 5.12. The second-order valence-electron chi connectivity index (χ2n) is 5.12. The first-order valence-corrected chi connectivity index (χ1v) is 7.27. The maximum absolute atomic E-state index is 12.7. The maximum Gasteiger partial charge on any atom is 0.387 e. The fourth-order valence-corrected chi connectivity index (χ4v) is 2.83. The van der Waals surface area contributed by atoms with Gasteiger partial charge in [-0.05, 0) is 18.2 Å². The molecule has 1 N–H and O–H groups in total. The number of benzene rings is 1. The Morgan fingerprint density at radius 1 is 1.09 bits per heavy atom. The minimum atomic E-state index is -2.85. The van der Waals surface area contributed by atoms with Gasteiger partial charge in [-0.1, -0.05) is 18.2 Å². The number of halogens is 3. The molecule has 0 saturated carbocycles. The van der Waals surface area contributed by atoms with E-state index in [0.717, 1.165) is 31.9 Å². The fourth-order valence-electron chi connectivity index (χ4n) is 2.83. The molecule has 1 saturated heterocycles. The van der Waals surface area contributed by atoms with Gasteiger partial charge in [-0.3, -0.25) is 4.90 Å². The lowest BCUT2D eigenvalue weighted by molar-refractivity contribution is -0.0511. The molecule has 1 aromatic carbocycles. The van der Waals surface area contributed by atoms with Gasteiger partial charge in [0.15, 0.2) is 0 Å². The molecule has 2 heterocycles. The van der Waals surface area contributed by atoms with Crippen LogP contribution in [0, 0.1) is 0 Å². The van der Waals surface area contributed by atoms with Crippen LogP contribution < -0.4 is 10.1 Å². The minimum Gasteiger partial charge on any atom is -0.467 e. The van der Waals surface area contributed by atoms with Crippen molar-refractivity contribution in [1.82, 2.24) is 10.2 Å². The van der Waals surface area contributed by atoms with Crippen LogP contribution in [0.3, 0.4) is 0 Å². The van der Waals surface area contributed by atoms with Gasteiger partial charge in [0.2, 0.25) is 0 Å². The van der Waals surface area contributed by atoms with Gasteiger partial charge < -0.3 is 14.5 Å². The SMILES string of the molecule is Cl.FC(F)Oc1ccccc1[C@@H](c1ccco1)N1CCNCC1. The van der Waals surface area contributed by atoms with Gasteiger partial charge in [-0.15, -0.1) is 12.4 Å². The van der Waals surface area contributed by atoms with Crippen LogP contribution in [0.2, 0.25) is 0 Å². The summed E-state index contributed by atoms with van der Waals surface area (Å²) < 4.78 is 35.6. The molecule has 1 fully saturated rings. The topological polar surface area (TPSA) is 37.6 Å². The van der Waals surface area contributed by atoms with E-state index >= 15 is 0 Å². The van der Waals surface area contributed by atoms with Gasteiger partial charge in [0.25, 0.3) is 0 Å². The zero-order valence-corrected chi connectivity index (χ0v) is 13.3. The molecule has 0 aliphatic carbocycles.